The van der Waals surface area contributed by atoms with Crippen molar-refractivity contribution in [3.8, 4) is 22.5 Å². The van der Waals surface area contributed by atoms with Gasteiger partial charge in [-0.25, -0.2) is 4.98 Å². The molecular formula is C31H32N8O. The van der Waals surface area contributed by atoms with Gasteiger partial charge in [0.25, 0.3) is 5.91 Å². The lowest BCUT2D eigenvalue weighted by Gasteiger charge is -2.32. The number of fused-ring (bicyclic) bond motifs is 10. The summed E-state index contributed by atoms with van der Waals surface area (Å²) in [5.41, 5.74) is 9.18. The van der Waals surface area contributed by atoms with Crippen LogP contribution in [0.3, 0.4) is 0 Å². The molecule has 0 aliphatic carbocycles. The third-order valence-electron chi connectivity index (χ3n) is 8.01. The van der Waals surface area contributed by atoms with Crippen molar-refractivity contribution in [3.05, 3.63) is 83.2 Å². The Bertz CT molecular complexity index is 1760. The van der Waals surface area contributed by atoms with Crippen LogP contribution in [0.15, 0.2) is 60.8 Å². The van der Waals surface area contributed by atoms with Crippen molar-refractivity contribution in [1.82, 2.24) is 34.1 Å². The van der Waals surface area contributed by atoms with Gasteiger partial charge in [-0.15, -0.1) is 0 Å². The van der Waals surface area contributed by atoms with Crippen LogP contribution in [0.4, 0.5) is 5.95 Å². The fourth-order valence-electron chi connectivity index (χ4n) is 5.86. The van der Waals surface area contributed by atoms with Crippen LogP contribution in [0, 0.1) is 6.92 Å². The first-order valence-corrected chi connectivity index (χ1v) is 13.7. The molecule has 0 atom stereocenters. The molecule has 1 N–H and O–H groups in total. The molecule has 5 aromatic rings. The maximum Gasteiger partial charge on any atom is 0.258 e. The average molecular weight is 533 g/mol. The van der Waals surface area contributed by atoms with Gasteiger partial charge in [-0.3, -0.25) is 24.7 Å². The Balaban J connectivity index is 1.37. The maximum absolute atomic E-state index is 13.6. The summed E-state index contributed by atoms with van der Waals surface area (Å²) in [7, 11) is 4.12. The quantitative estimate of drug-likeness (QED) is 0.368. The highest BCUT2D eigenvalue weighted by atomic mass is 16.1. The van der Waals surface area contributed by atoms with Crippen molar-refractivity contribution in [2.75, 3.05) is 38.5 Å². The number of aromatic nitrogens is 5. The van der Waals surface area contributed by atoms with Crippen molar-refractivity contribution in [2.45, 2.75) is 20.0 Å². The second-order valence-electron chi connectivity index (χ2n) is 11.0. The molecule has 5 heterocycles. The zero-order valence-electron chi connectivity index (χ0n) is 23.1. The predicted molar refractivity (Wildman–Crippen MR) is 156 cm³/mol. The van der Waals surface area contributed by atoms with Crippen molar-refractivity contribution < 1.29 is 4.79 Å². The number of benzene rings is 2. The summed E-state index contributed by atoms with van der Waals surface area (Å²) in [5, 5.41) is 7.66. The largest absolute Gasteiger partial charge is 0.305 e. The number of anilines is 1. The van der Waals surface area contributed by atoms with Crippen LogP contribution in [-0.2, 0) is 20.1 Å². The van der Waals surface area contributed by atoms with Crippen LogP contribution in [0.2, 0.25) is 0 Å². The summed E-state index contributed by atoms with van der Waals surface area (Å²) in [4.78, 5) is 28.1. The molecular weight excluding hydrogens is 500 g/mol. The summed E-state index contributed by atoms with van der Waals surface area (Å²) in [6, 6.07) is 18.6. The number of piperazine rings is 1. The summed E-state index contributed by atoms with van der Waals surface area (Å²) in [6.45, 7) is 7.67. The smallest absolute Gasteiger partial charge is 0.258 e. The lowest BCUT2D eigenvalue weighted by atomic mass is 10.0. The van der Waals surface area contributed by atoms with E-state index in [1.165, 1.54) is 5.56 Å². The van der Waals surface area contributed by atoms with Crippen molar-refractivity contribution in [3.63, 3.8) is 0 Å². The summed E-state index contributed by atoms with van der Waals surface area (Å²) < 4.78 is 4.00. The molecule has 0 radical (unpaired) electrons. The molecule has 0 saturated carbocycles. The molecule has 40 heavy (non-hydrogen) atoms. The van der Waals surface area contributed by atoms with Gasteiger partial charge in [0.1, 0.15) is 0 Å². The van der Waals surface area contributed by atoms with E-state index in [-0.39, 0.29) is 5.91 Å². The third kappa shape index (κ3) is 4.47. The van der Waals surface area contributed by atoms with Crippen LogP contribution >= 0.6 is 0 Å². The molecule has 1 amide bonds. The van der Waals surface area contributed by atoms with Gasteiger partial charge < -0.3 is 9.47 Å². The van der Waals surface area contributed by atoms with E-state index < -0.39 is 0 Å². The minimum Gasteiger partial charge on any atom is -0.305 e. The molecule has 202 valence electrons. The number of carbonyl (C=O) groups excluding carboxylic acids is 1. The van der Waals surface area contributed by atoms with Gasteiger partial charge in [0.2, 0.25) is 5.95 Å². The number of hydrogen-bond acceptors (Lipinski definition) is 6. The molecule has 0 unspecified atom stereocenters. The molecule has 3 aromatic heterocycles. The maximum atomic E-state index is 13.6. The zero-order valence-corrected chi connectivity index (χ0v) is 23.1. The van der Waals surface area contributed by atoms with E-state index in [0.717, 1.165) is 77.5 Å². The molecule has 9 heteroatoms. The van der Waals surface area contributed by atoms with Crippen LogP contribution in [0.5, 0.6) is 0 Å². The van der Waals surface area contributed by atoms with Crippen LogP contribution in [-0.4, -0.2) is 73.2 Å². The number of nitrogens with one attached hydrogen (secondary N) is 1. The van der Waals surface area contributed by atoms with Crippen molar-refractivity contribution in [1.29, 1.82) is 0 Å². The van der Waals surface area contributed by atoms with E-state index in [1.54, 1.807) is 0 Å². The van der Waals surface area contributed by atoms with Gasteiger partial charge in [-0.1, -0.05) is 24.3 Å². The number of imidazole rings is 1. The van der Waals surface area contributed by atoms with E-state index in [9.17, 15) is 4.79 Å². The molecule has 2 aromatic carbocycles. The molecule has 9 nitrogen and oxygen atoms in total. The highest BCUT2D eigenvalue weighted by molar-refractivity contribution is 6.05. The summed E-state index contributed by atoms with van der Waals surface area (Å²) in [6.07, 6.45) is 1.82. The van der Waals surface area contributed by atoms with Gasteiger partial charge in [-0.05, 0) is 55.4 Å². The lowest BCUT2D eigenvalue weighted by Crippen LogP contribution is -2.43. The number of aryl methyl sites for hydroxylation is 2. The minimum absolute atomic E-state index is 0.211. The second-order valence-corrected chi connectivity index (χ2v) is 11.0. The normalized spacial score (nSPS) is 16.0. The molecule has 7 rings (SSSR count). The molecule has 0 spiro atoms. The number of carbonyl (C=O) groups is 1. The predicted octanol–water partition coefficient (Wildman–Crippen LogP) is 4.17. The topological polar surface area (TPSA) is 84.1 Å². The van der Waals surface area contributed by atoms with Gasteiger partial charge in [0.05, 0.1) is 35.2 Å². The van der Waals surface area contributed by atoms with Crippen molar-refractivity contribution >= 4 is 22.9 Å². The van der Waals surface area contributed by atoms with E-state index >= 15 is 0 Å². The van der Waals surface area contributed by atoms with Gasteiger partial charge in [0.15, 0.2) is 0 Å². The van der Waals surface area contributed by atoms with Gasteiger partial charge in [-0.2, -0.15) is 5.10 Å². The third-order valence-corrected chi connectivity index (χ3v) is 8.01. The number of hydrogen-bond donors (Lipinski definition) is 1. The fraction of sp³-hybridized carbons (Fsp3) is 0.290. The average Bonchev–Trinajstić information content (AvgIpc) is 3.49. The van der Waals surface area contributed by atoms with E-state index in [0.29, 0.717) is 18.1 Å². The Kier molecular flexibility index (Phi) is 5.98. The Morgan fingerprint density at radius 2 is 1.77 bits per heavy atom. The second kappa shape index (κ2) is 9.69. The van der Waals surface area contributed by atoms with Crippen LogP contribution < -0.4 is 5.32 Å². The molecule has 2 aliphatic heterocycles. The SMILES string of the molecule is Cc1cc2cc(n1)-c1cnn(C)c1-c1cccc(c1)Cn1c(nc3ccc(CN4CCN(C)CC4)cc31)NC2=O. The first-order valence-electron chi connectivity index (χ1n) is 13.7. The van der Waals surface area contributed by atoms with Crippen molar-refractivity contribution in [2.24, 2.45) is 7.05 Å². The standard InChI is InChI=1S/C31H32N8O/c1-20-13-24-16-27(33-20)25-17-32-37(3)29(25)23-6-4-5-21(14-23)19-39-28-15-22(18-38-11-9-36(2)10-12-38)7-8-26(28)34-31(39)35-30(24)40/h4-8,13-17H,9-12,18-19H2,1-3H3,(H,34,35,40). The Morgan fingerprint density at radius 3 is 2.62 bits per heavy atom. The number of nitrogens with zero attached hydrogens (tertiary/aromatic N) is 7. The van der Waals surface area contributed by atoms with Gasteiger partial charge in [0, 0.05) is 62.2 Å². The Morgan fingerprint density at radius 1 is 0.925 bits per heavy atom. The van der Waals surface area contributed by atoms with Crippen LogP contribution in [0.1, 0.15) is 27.2 Å². The summed E-state index contributed by atoms with van der Waals surface area (Å²) >= 11 is 0. The fourth-order valence-corrected chi connectivity index (χ4v) is 5.86. The van der Waals surface area contributed by atoms with E-state index in [1.807, 2.05) is 37.0 Å². The molecule has 4 bridgehead atoms. The highest BCUT2D eigenvalue weighted by Gasteiger charge is 2.21. The number of rotatable bonds is 2. The molecule has 1 saturated heterocycles. The Hall–Kier alpha value is -4.34. The molecule has 2 aliphatic rings. The first kappa shape index (κ1) is 24.7. The molecule has 1 fully saturated rings. The van der Waals surface area contributed by atoms with E-state index in [2.05, 4.69) is 74.3 Å². The summed E-state index contributed by atoms with van der Waals surface area (Å²) in [5.74, 6) is 0.328. The monoisotopic (exact) mass is 532 g/mol. The number of likely N-dealkylation sites (N-methyl/N-ethyl adjacent to an activating group) is 1. The van der Waals surface area contributed by atoms with Crippen LogP contribution in [0.25, 0.3) is 33.5 Å². The minimum atomic E-state index is -0.211. The highest BCUT2D eigenvalue weighted by Crippen LogP contribution is 2.33. The van der Waals surface area contributed by atoms with Gasteiger partial charge >= 0.3 is 0 Å². The number of amides is 1. The number of pyridine rings is 1. The Labute approximate surface area is 233 Å². The zero-order chi connectivity index (χ0) is 27.4. The first-order chi connectivity index (χ1) is 19.4. The van der Waals surface area contributed by atoms with E-state index in [4.69, 9.17) is 9.97 Å². The lowest BCUT2D eigenvalue weighted by molar-refractivity contribution is 0.102.